The number of benzene rings is 1. The molecule has 0 aliphatic carbocycles. The summed E-state index contributed by atoms with van der Waals surface area (Å²) in [7, 11) is 0. The molecule has 0 saturated carbocycles. The van der Waals surface area contributed by atoms with E-state index in [2.05, 4.69) is 5.32 Å². The van der Waals surface area contributed by atoms with Gasteiger partial charge in [-0.15, -0.1) is 0 Å². The second kappa shape index (κ2) is 5.39. The summed E-state index contributed by atoms with van der Waals surface area (Å²) in [6.07, 6.45) is 0.737. The van der Waals surface area contributed by atoms with Crippen LogP contribution in [-0.4, -0.2) is 22.2 Å². The Balaban J connectivity index is 2.52. The number of phenolic OH excluding ortho intramolecular Hbond substituents is 1. The smallest absolute Gasteiger partial charge is 0.303 e. The Morgan fingerprint density at radius 3 is 2.75 bits per heavy atom. The maximum atomic E-state index is 10.4. The molecule has 0 fully saturated rings. The lowest BCUT2D eigenvalue weighted by atomic mass is 10.1. The van der Waals surface area contributed by atoms with Gasteiger partial charge in [0.25, 0.3) is 0 Å². The van der Waals surface area contributed by atoms with E-state index in [4.69, 9.17) is 5.11 Å². The monoisotopic (exact) mass is 223 g/mol. The molecule has 4 heteroatoms. The number of rotatable bonds is 5. The summed E-state index contributed by atoms with van der Waals surface area (Å²) < 4.78 is 0. The molecule has 0 saturated heterocycles. The lowest BCUT2D eigenvalue weighted by Gasteiger charge is -2.14. The minimum absolute atomic E-state index is 0.0973. The van der Waals surface area contributed by atoms with Crippen LogP contribution in [0.1, 0.15) is 25.3 Å². The molecule has 0 spiro atoms. The standard InChI is InChI=1S/C12H17NO3/c1-8-7-10(4-5-11(8)14)13-9(2)3-6-12(15)16/h4-5,7,9,13-14H,3,6H2,1-2H3,(H,15,16). The van der Waals surface area contributed by atoms with Crippen molar-refractivity contribution in [2.45, 2.75) is 32.7 Å². The average molecular weight is 223 g/mol. The SMILES string of the molecule is Cc1cc(NC(C)CCC(=O)O)ccc1O. The van der Waals surface area contributed by atoms with Crippen LogP contribution in [0, 0.1) is 6.92 Å². The summed E-state index contributed by atoms with van der Waals surface area (Å²) >= 11 is 0. The van der Waals surface area contributed by atoms with Gasteiger partial charge in [-0.3, -0.25) is 4.79 Å². The van der Waals surface area contributed by atoms with Gasteiger partial charge in [0.05, 0.1) is 0 Å². The van der Waals surface area contributed by atoms with Crippen molar-refractivity contribution in [2.24, 2.45) is 0 Å². The van der Waals surface area contributed by atoms with Gasteiger partial charge >= 0.3 is 5.97 Å². The number of hydrogen-bond acceptors (Lipinski definition) is 3. The highest BCUT2D eigenvalue weighted by Gasteiger charge is 2.06. The first kappa shape index (κ1) is 12.4. The first-order valence-electron chi connectivity index (χ1n) is 5.27. The second-order valence-electron chi connectivity index (χ2n) is 3.98. The van der Waals surface area contributed by atoms with Crippen LogP contribution in [0.4, 0.5) is 5.69 Å². The van der Waals surface area contributed by atoms with Gasteiger partial charge in [0.15, 0.2) is 0 Å². The molecule has 1 atom stereocenters. The predicted octanol–water partition coefficient (Wildman–Crippen LogP) is 2.37. The Labute approximate surface area is 94.9 Å². The van der Waals surface area contributed by atoms with Crippen molar-refractivity contribution in [3.05, 3.63) is 23.8 Å². The molecule has 0 amide bonds. The van der Waals surface area contributed by atoms with Crippen LogP contribution >= 0.6 is 0 Å². The van der Waals surface area contributed by atoms with E-state index < -0.39 is 5.97 Å². The largest absolute Gasteiger partial charge is 0.508 e. The van der Waals surface area contributed by atoms with E-state index in [1.165, 1.54) is 0 Å². The fourth-order valence-corrected chi connectivity index (χ4v) is 1.44. The van der Waals surface area contributed by atoms with Gasteiger partial charge in [0.1, 0.15) is 5.75 Å². The summed E-state index contributed by atoms with van der Waals surface area (Å²) in [4.78, 5) is 10.4. The van der Waals surface area contributed by atoms with Gasteiger partial charge in [0, 0.05) is 18.2 Å². The van der Waals surface area contributed by atoms with Gasteiger partial charge in [0.2, 0.25) is 0 Å². The molecule has 88 valence electrons. The van der Waals surface area contributed by atoms with E-state index in [1.807, 2.05) is 19.9 Å². The number of phenols is 1. The summed E-state index contributed by atoms with van der Waals surface area (Å²) in [5.41, 5.74) is 1.70. The molecule has 3 N–H and O–H groups in total. The van der Waals surface area contributed by atoms with Crippen molar-refractivity contribution >= 4 is 11.7 Å². The normalized spacial score (nSPS) is 12.1. The number of carbonyl (C=O) groups is 1. The molecule has 1 rings (SSSR count). The first-order valence-corrected chi connectivity index (χ1v) is 5.27. The highest BCUT2D eigenvalue weighted by molar-refractivity contribution is 5.66. The van der Waals surface area contributed by atoms with E-state index in [-0.39, 0.29) is 18.2 Å². The molecule has 1 aromatic carbocycles. The molecule has 0 aromatic heterocycles. The number of aryl methyl sites for hydroxylation is 1. The van der Waals surface area contributed by atoms with Crippen molar-refractivity contribution in [2.75, 3.05) is 5.32 Å². The second-order valence-corrected chi connectivity index (χ2v) is 3.98. The maximum Gasteiger partial charge on any atom is 0.303 e. The van der Waals surface area contributed by atoms with Crippen LogP contribution in [0.15, 0.2) is 18.2 Å². The molecule has 16 heavy (non-hydrogen) atoms. The molecule has 0 radical (unpaired) electrons. The third-order valence-electron chi connectivity index (χ3n) is 2.40. The third kappa shape index (κ3) is 3.81. The zero-order valence-corrected chi connectivity index (χ0v) is 9.53. The Morgan fingerprint density at radius 2 is 2.19 bits per heavy atom. The summed E-state index contributed by atoms with van der Waals surface area (Å²) in [6, 6.07) is 5.34. The fourth-order valence-electron chi connectivity index (χ4n) is 1.44. The van der Waals surface area contributed by atoms with E-state index in [1.54, 1.807) is 12.1 Å². The molecule has 0 aliphatic rings. The Bertz CT molecular complexity index is 377. The number of nitrogens with one attached hydrogen (secondary N) is 1. The van der Waals surface area contributed by atoms with Crippen LogP contribution in [-0.2, 0) is 4.79 Å². The van der Waals surface area contributed by atoms with E-state index >= 15 is 0 Å². The topological polar surface area (TPSA) is 69.6 Å². The Kier molecular flexibility index (Phi) is 4.17. The summed E-state index contributed by atoms with van der Waals surface area (Å²) in [5.74, 6) is -0.515. The van der Waals surface area contributed by atoms with Crippen LogP contribution in [0.2, 0.25) is 0 Å². The maximum absolute atomic E-state index is 10.4. The van der Waals surface area contributed by atoms with Gasteiger partial charge < -0.3 is 15.5 Å². The minimum Gasteiger partial charge on any atom is -0.508 e. The molecule has 1 aromatic rings. The molecular formula is C12H17NO3. The fraction of sp³-hybridized carbons (Fsp3) is 0.417. The number of hydrogen-bond donors (Lipinski definition) is 3. The van der Waals surface area contributed by atoms with Crippen molar-refractivity contribution < 1.29 is 15.0 Å². The molecule has 0 heterocycles. The van der Waals surface area contributed by atoms with Gasteiger partial charge in [-0.2, -0.15) is 0 Å². The minimum atomic E-state index is -0.782. The van der Waals surface area contributed by atoms with Gasteiger partial charge in [-0.05, 0) is 44.0 Å². The Morgan fingerprint density at radius 1 is 1.50 bits per heavy atom. The van der Waals surface area contributed by atoms with E-state index in [0.29, 0.717) is 6.42 Å². The van der Waals surface area contributed by atoms with Crippen molar-refractivity contribution in [3.8, 4) is 5.75 Å². The van der Waals surface area contributed by atoms with Crippen LogP contribution < -0.4 is 5.32 Å². The summed E-state index contributed by atoms with van der Waals surface area (Å²) in [5, 5.41) is 21.1. The van der Waals surface area contributed by atoms with Crippen molar-refractivity contribution in [3.63, 3.8) is 0 Å². The number of aliphatic carboxylic acids is 1. The molecule has 0 bridgehead atoms. The van der Waals surface area contributed by atoms with Crippen molar-refractivity contribution in [1.29, 1.82) is 0 Å². The number of anilines is 1. The van der Waals surface area contributed by atoms with Crippen LogP contribution in [0.5, 0.6) is 5.75 Å². The first-order chi connectivity index (χ1) is 7.49. The average Bonchev–Trinajstić information content (AvgIpc) is 2.21. The lowest BCUT2D eigenvalue weighted by molar-refractivity contribution is -0.137. The molecule has 4 nitrogen and oxygen atoms in total. The number of aromatic hydroxyl groups is 1. The van der Waals surface area contributed by atoms with E-state index in [9.17, 15) is 9.90 Å². The highest BCUT2D eigenvalue weighted by atomic mass is 16.4. The quantitative estimate of drug-likeness (QED) is 0.670. The Hall–Kier alpha value is -1.71. The van der Waals surface area contributed by atoms with Crippen molar-refractivity contribution in [1.82, 2.24) is 0 Å². The third-order valence-corrected chi connectivity index (χ3v) is 2.40. The number of carboxylic acids is 1. The summed E-state index contributed by atoms with van der Waals surface area (Å²) in [6.45, 7) is 3.76. The number of carboxylic acid groups (broad SMARTS) is 1. The zero-order valence-electron chi connectivity index (χ0n) is 9.53. The molecular weight excluding hydrogens is 206 g/mol. The highest BCUT2D eigenvalue weighted by Crippen LogP contribution is 2.21. The van der Waals surface area contributed by atoms with Gasteiger partial charge in [-0.25, -0.2) is 0 Å². The van der Waals surface area contributed by atoms with Crippen LogP contribution in [0.3, 0.4) is 0 Å². The zero-order chi connectivity index (χ0) is 12.1. The van der Waals surface area contributed by atoms with Gasteiger partial charge in [-0.1, -0.05) is 0 Å². The molecule has 1 unspecified atom stereocenters. The predicted molar refractivity (Wildman–Crippen MR) is 62.8 cm³/mol. The van der Waals surface area contributed by atoms with Crippen LogP contribution in [0.25, 0.3) is 0 Å². The lowest BCUT2D eigenvalue weighted by Crippen LogP contribution is -2.16. The molecule has 0 aliphatic heterocycles. The van der Waals surface area contributed by atoms with E-state index in [0.717, 1.165) is 11.3 Å².